The van der Waals surface area contributed by atoms with Gasteiger partial charge in [0.1, 0.15) is 4.32 Å². The summed E-state index contributed by atoms with van der Waals surface area (Å²) in [6, 6.07) is 10.5. The number of thiocarbonyl (C=S) groups is 1. The molecule has 0 atom stereocenters. The molecule has 1 nitrogen and oxygen atoms in total. The molecular formula is C11H15NS3. The molecule has 0 spiro atoms. The Labute approximate surface area is 106 Å². The van der Waals surface area contributed by atoms with E-state index in [1.54, 1.807) is 11.8 Å². The fourth-order valence-corrected chi connectivity index (χ4v) is 2.87. The largest absolute Gasteiger partial charge is 0.364 e. The molecule has 0 aromatic heterocycles. The van der Waals surface area contributed by atoms with Crippen LogP contribution in [0.4, 0.5) is 0 Å². The highest BCUT2D eigenvalue weighted by atomic mass is 32.2. The van der Waals surface area contributed by atoms with Gasteiger partial charge >= 0.3 is 0 Å². The van der Waals surface area contributed by atoms with Crippen LogP contribution in [0.15, 0.2) is 35.2 Å². The summed E-state index contributed by atoms with van der Waals surface area (Å²) in [5.41, 5.74) is 0. The summed E-state index contributed by atoms with van der Waals surface area (Å²) in [4.78, 5) is 3.31. The molecule has 0 bridgehead atoms. The fraction of sp³-hybridized carbons (Fsp3) is 0.364. The normalized spacial score (nSPS) is 10.0. The van der Waals surface area contributed by atoms with Gasteiger partial charge in [0.15, 0.2) is 0 Å². The molecule has 1 aromatic carbocycles. The van der Waals surface area contributed by atoms with Crippen LogP contribution in [-0.2, 0) is 0 Å². The maximum atomic E-state index is 5.19. The lowest BCUT2D eigenvalue weighted by molar-refractivity contribution is 0.648. The maximum Gasteiger partial charge on any atom is 0.135 e. The third-order valence-electron chi connectivity index (χ3n) is 1.69. The van der Waals surface area contributed by atoms with E-state index in [0.29, 0.717) is 0 Å². The zero-order valence-corrected chi connectivity index (χ0v) is 11.4. The van der Waals surface area contributed by atoms with Crippen molar-refractivity contribution in [2.24, 2.45) is 0 Å². The molecule has 0 fully saturated rings. The first kappa shape index (κ1) is 12.9. The summed E-state index contributed by atoms with van der Waals surface area (Å²) in [6.07, 6.45) is 0. The maximum absolute atomic E-state index is 5.19. The number of thioether (sulfide) groups is 2. The molecule has 0 saturated carbocycles. The van der Waals surface area contributed by atoms with Crippen LogP contribution < -0.4 is 0 Å². The Bertz CT molecular complexity index is 298. The quantitative estimate of drug-likeness (QED) is 0.462. The average molecular weight is 257 g/mol. The highest BCUT2D eigenvalue weighted by molar-refractivity contribution is 8.23. The summed E-state index contributed by atoms with van der Waals surface area (Å²) >= 11 is 8.80. The van der Waals surface area contributed by atoms with Crippen LogP contribution in [0.2, 0.25) is 0 Å². The van der Waals surface area contributed by atoms with Gasteiger partial charge in [-0.2, -0.15) is 0 Å². The molecular weight excluding hydrogens is 242 g/mol. The highest BCUT2D eigenvalue weighted by Crippen LogP contribution is 2.19. The second-order valence-electron chi connectivity index (χ2n) is 3.17. The Morgan fingerprint density at radius 1 is 1.20 bits per heavy atom. The second kappa shape index (κ2) is 7.14. The van der Waals surface area contributed by atoms with Crippen molar-refractivity contribution in [2.75, 3.05) is 25.6 Å². The van der Waals surface area contributed by atoms with Crippen LogP contribution in [0.3, 0.4) is 0 Å². The lowest BCUT2D eigenvalue weighted by atomic mass is 10.4. The van der Waals surface area contributed by atoms with Crippen LogP contribution in [0, 0.1) is 0 Å². The molecule has 0 aliphatic heterocycles. The minimum atomic E-state index is 0.962. The zero-order chi connectivity index (χ0) is 11.1. The summed E-state index contributed by atoms with van der Waals surface area (Å²) in [5.74, 6) is 2.17. The number of hydrogen-bond acceptors (Lipinski definition) is 3. The molecule has 4 heteroatoms. The predicted octanol–water partition coefficient (Wildman–Crippen LogP) is 3.36. The van der Waals surface area contributed by atoms with Gasteiger partial charge in [0, 0.05) is 30.5 Å². The first-order chi connectivity index (χ1) is 7.20. The third-order valence-corrected chi connectivity index (χ3v) is 4.70. The first-order valence-electron chi connectivity index (χ1n) is 4.72. The Balaban J connectivity index is 2.15. The SMILES string of the molecule is CN(C)C(=S)SCCSc1ccccc1. The van der Waals surface area contributed by atoms with E-state index in [1.807, 2.05) is 36.8 Å². The fourth-order valence-electron chi connectivity index (χ4n) is 0.934. The molecule has 1 rings (SSSR count). The molecule has 0 unspecified atom stereocenters. The summed E-state index contributed by atoms with van der Waals surface area (Å²) in [7, 11) is 3.97. The van der Waals surface area contributed by atoms with Crippen LogP contribution in [0.5, 0.6) is 0 Å². The van der Waals surface area contributed by atoms with Crippen molar-refractivity contribution < 1.29 is 0 Å². The standard InChI is InChI=1S/C11H15NS3/c1-12(2)11(13)15-9-8-14-10-6-4-3-5-7-10/h3-7H,8-9H2,1-2H3. The van der Waals surface area contributed by atoms with E-state index in [2.05, 4.69) is 24.3 Å². The Hall–Kier alpha value is -0.190. The topological polar surface area (TPSA) is 3.24 Å². The molecule has 0 heterocycles. The minimum absolute atomic E-state index is 0.962. The summed E-state index contributed by atoms with van der Waals surface area (Å²) < 4.78 is 0.962. The van der Waals surface area contributed by atoms with Crippen molar-refractivity contribution in [2.45, 2.75) is 4.90 Å². The van der Waals surface area contributed by atoms with Crippen LogP contribution in [0.1, 0.15) is 0 Å². The number of hydrogen-bond donors (Lipinski definition) is 0. The Kier molecular flexibility index (Phi) is 6.13. The van der Waals surface area contributed by atoms with Gasteiger partial charge in [-0.15, -0.1) is 11.8 Å². The second-order valence-corrected chi connectivity index (χ2v) is 6.07. The van der Waals surface area contributed by atoms with E-state index in [1.165, 1.54) is 4.90 Å². The van der Waals surface area contributed by atoms with Crippen LogP contribution >= 0.6 is 35.7 Å². The smallest absolute Gasteiger partial charge is 0.135 e. The van der Waals surface area contributed by atoms with Gasteiger partial charge < -0.3 is 4.90 Å². The lowest BCUT2D eigenvalue weighted by Gasteiger charge is -2.12. The molecule has 0 aliphatic rings. The van der Waals surface area contributed by atoms with Crippen molar-refractivity contribution in [1.29, 1.82) is 0 Å². The number of nitrogens with zero attached hydrogens (tertiary/aromatic N) is 1. The lowest BCUT2D eigenvalue weighted by Crippen LogP contribution is -2.16. The first-order valence-corrected chi connectivity index (χ1v) is 7.10. The molecule has 82 valence electrons. The predicted molar refractivity (Wildman–Crippen MR) is 75.9 cm³/mol. The molecule has 0 radical (unpaired) electrons. The third kappa shape index (κ3) is 5.44. The van der Waals surface area contributed by atoms with E-state index >= 15 is 0 Å². The van der Waals surface area contributed by atoms with Gasteiger partial charge in [-0.1, -0.05) is 42.2 Å². The number of rotatable bonds is 4. The highest BCUT2D eigenvalue weighted by Gasteiger charge is 1.99. The van der Waals surface area contributed by atoms with Gasteiger partial charge in [-0.25, -0.2) is 0 Å². The van der Waals surface area contributed by atoms with Crippen molar-refractivity contribution in [3.63, 3.8) is 0 Å². The Morgan fingerprint density at radius 3 is 2.47 bits per heavy atom. The van der Waals surface area contributed by atoms with Crippen molar-refractivity contribution in [3.05, 3.63) is 30.3 Å². The minimum Gasteiger partial charge on any atom is -0.364 e. The molecule has 1 aromatic rings. The van der Waals surface area contributed by atoms with Gasteiger partial charge in [0.2, 0.25) is 0 Å². The van der Waals surface area contributed by atoms with E-state index in [-0.39, 0.29) is 0 Å². The molecule has 0 amide bonds. The van der Waals surface area contributed by atoms with Gasteiger partial charge in [0.05, 0.1) is 0 Å². The van der Waals surface area contributed by atoms with E-state index in [0.717, 1.165) is 15.8 Å². The molecule has 15 heavy (non-hydrogen) atoms. The van der Waals surface area contributed by atoms with E-state index < -0.39 is 0 Å². The monoisotopic (exact) mass is 257 g/mol. The van der Waals surface area contributed by atoms with Crippen molar-refractivity contribution >= 4 is 40.1 Å². The zero-order valence-electron chi connectivity index (χ0n) is 8.97. The van der Waals surface area contributed by atoms with E-state index in [9.17, 15) is 0 Å². The van der Waals surface area contributed by atoms with Gasteiger partial charge in [-0.3, -0.25) is 0 Å². The van der Waals surface area contributed by atoms with Crippen LogP contribution in [0.25, 0.3) is 0 Å². The van der Waals surface area contributed by atoms with E-state index in [4.69, 9.17) is 12.2 Å². The number of benzene rings is 1. The van der Waals surface area contributed by atoms with Crippen molar-refractivity contribution in [3.8, 4) is 0 Å². The van der Waals surface area contributed by atoms with Crippen LogP contribution in [-0.4, -0.2) is 34.8 Å². The summed E-state index contributed by atoms with van der Waals surface area (Å²) in [6.45, 7) is 0. The Morgan fingerprint density at radius 2 is 1.87 bits per heavy atom. The van der Waals surface area contributed by atoms with Gasteiger partial charge in [0.25, 0.3) is 0 Å². The average Bonchev–Trinajstić information content (AvgIpc) is 2.25. The molecule has 0 aliphatic carbocycles. The van der Waals surface area contributed by atoms with Crippen molar-refractivity contribution in [1.82, 2.24) is 4.90 Å². The molecule has 0 saturated heterocycles. The molecule has 0 N–H and O–H groups in total. The van der Waals surface area contributed by atoms with Gasteiger partial charge in [-0.05, 0) is 12.1 Å². The summed E-state index contributed by atoms with van der Waals surface area (Å²) in [5, 5.41) is 0.